The molecule has 0 radical (unpaired) electrons. The second-order valence-electron chi connectivity index (χ2n) is 6.73. The first kappa shape index (κ1) is 21.0. The number of urea groups is 1. The lowest BCUT2D eigenvalue weighted by Crippen LogP contribution is -2.28. The molecule has 6 heteroatoms. The van der Waals surface area contributed by atoms with E-state index < -0.39 is 0 Å². The summed E-state index contributed by atoms with van der Waals surface area (Å²) in [6, 6.07) is 12.5. The number of carbonyl (C=O) groups is 2. The van der Waals surface area contributed by atoms with Crippen LogP contribution in [0.2, 0.25) is 0 Å². The molecule has 0 saturated carbocycles. The van der Waals surface area contributed by atoms with E-state index in [-0.39, 0.29) is 18.5 Å². The molecule has 0 aliphatic carbocycles. The number of ether oxygens (including phenoxy) is 1. The average Bonchev–Trinajstić information content (AvgIpc) is 2.66. The topological polar surface area (TPSA) is 79.5 Å². The van der Waals surface area contributed by atoms with Crippen LogP contribution in [0.25, 0.3) is 0 Å². The number of benzene rings is 2. The highest BCUT2D eigenvalue weighted by Crippen LogP contribution is 2.27. The van der Waals surface area contributed by atoms with Gasteiger partial charge in [-0.1, -0.05) is 32.1 Å². The summed E-state index contributed by atoms with van der Waals surface area (Å²) < 4.78 is 5.74. The number of aryl methyl sites for hydroxylation is 1. The molecule has 0 saturated heterocycles. The molecule has 0 fully saturated rings. The Kier molecular flexibility index (Phi) is 7.63. The van der Waals surface area contributed by atoms with Crippen LogP contribution in [0, 0.1) is 6.92 Å². The molecule has 0 heterocycles. The van der Waals surface area contributed by atoms with Gasteiger partial charge in [-0.05, 0) is 54.3 Å². The summed E-state index contributed by atoms with van der Waals surface area (Å²) in [6.45, 7) is 10.0. The molecule has 2 aromatic carbocycles. The van der Waals surface area contributed by atoms with E-state index in [2.05, 4.69) is 36.4 Å². The average molecular weight is 381 g/mol. The number of rotatable bonds is 8. The van der Waals surface area contributed by atoms with Crippen molar-refractivity contribution in [3.63, 3.8) is 0 Å². The second-order valence-corrected chi connectivity index (χ2v) is 6.73. The molecule has 2 aromatic rings. The lowest BCUT2D eigenvalue weighted by atomic mass is 10.0. The van der Waals surface area contributed by atoms with Gasteiger partial charge in [0.2, 0.25) is 0 Å². The molecular formula is C22H27N3O3. The van der Waals surface area contributed by atoms with Gasteiger partial charge in [0.1, 0.15) is 5.75 Å². The SMILES string of the molecule is C=CCNC(=O)Nc1ccc(NC(=O)COc2cc(C)ccc2C(C)C)cc1. The number of hydrogen-bond donors (Lipinski definition) is 3. The Bertz CT molecular complexity index is 829. The first-order valence-corrected chi connectivity index (χ1v) is 9.18. The third-order valence-corrected chi connectivity index (χ3v) is 3.98. The highest BCUT2D eigenvalue weighted by Gasteiger charge is 2.10. The van der Waals surface area contributed by atoms with Gasteiger partial charge in [0, 0.05) is 17.9 Å². The Labute approximate surface area is 166 Å². The van der Waals surface area contributed by atoms with Crippen LogP contribution >= 0.6 is 0 Å². The van der Waals surface area contributed by atoms with Crippen molar-refractivity contribution in [3.8, 4) is 5.75 Å². The second kappa shape index (κ2) is 10.2. The number of anilines is 2. The van der Waals surface area contributed by atoms with Gasteiger partial charge in [-0.2, -0.15) is 0 Å². The van der Waals surface area contributed by atoms with Crippen molar-refractivity contribution in [1.82, 2.24) is 5.32 Å². The summed E-state index contributed by atoms with van der Waals surface area (Å²) in [4.78, 5) is 23.8. The van der Waals surface area contributed by atoms with Gasteiger partial charge >= 0.3 is 6.03 Å². The summed E-state index contributed by atoms with van der Waals surface area (Å²) >= 11 is 0. The summed E-state index contributed by atoms with van der Waals surface area (Å²) in [5, 5.41) is 8.10. The van der Waals surface area contributed by atoms with Gasteiger partial charge in [-0.15, -0.1) is 6.58 Å². The van der Waals surface area contributed by atoms with Gasteiger partial charge in [-0.25, -0.2) is 4.79 Å². The van der Waals surface area contributed by atoms with Gasteiger partial charge in [0.25, 0.3) is 5.91 Å². The molecule has 0 aromatic heterocycles. The van der Waals surface area contributed by atoms with E-state index in [1.807, 2.05) is 25.1 Å². The Hall–Kier alpha value is -3.28. The standard InChI is InChI=1S/C22H27N3O3/c1-5-12-23-22(27)25-18-9-7-17(8-10-18)24-21(26)14-28-20-13-16(4)6-11-19(20)15(2)3/h5-11,13,15H,1,12,14H2,2-4H3,(H,24,26)(H2,23,25,27). The number of nitrogens with one attached hydrogen (secondary N) is 3. The Balaban J connectivity index is 1.89. The number of amides is 3. The Morgan fingerprint density at radius 3 is 2.32 bits per heavy atom. The zero-order chi connectivity index (χ0) is 20.5. The minimum atomic E-state index is -0.316. The van der Waals surface area contributed by atoms with E-state index in [1.54, 1.807) is 30.3 Å². The van der Waals surface area contributed by atoms with E-state index >= 15 is 0 Å². The zero-order valence-corrected chi connectivity index (χ0v) is 16.5. The fourth-order valence-corrected chi connectivity index (χ4v) is 2.56. The van der Waals surface area contributed by atoms with Gasteiger partial charge < -0.3 is 20.7 Å². The molecule has 148 valence electrons. The van der Waals surface area contributed by atoms with Crippen LogP contribution < -0.4 is 20.7 Å². The lowest BCUT2D eigenvalue weighted by Gasteiger charge is -2.15. The molecule has 3 N–H and O–H groups in total. The Morgan fingerprint density at radius 1 is 1.07 bits per heavy atom. The van der Waals surface area contributed by atoms with Crippen molar-refractivity contribution in [2.24, 2.45) is 0 Å². The zero-order valence-electron chi connectivity index (χ0n) is 16.5. The minimum Gasteiger partial charge on any atom is -0.483 e. The highest BCUT2D eigenvalue weighted by atomic mass is 16.5. The monoisotopic (exact) mass is 381 g/mol. The van der Waals surface area contributed by atoms with Crippen LogP contribution in [-0.2, 0) is 4.79 Å². The molecule has 0 aliphatic rings. The molecule has 3 amide bonds. The number of hydrogen-bond acceptors (Lipinski definition) is 3. The molecule has 2 rings (SSSR count). The first-order chi connectivity index (χ1) is 13.4. The van der Waals surface area contributed by atoms with Crippen LogP contribution in [0.4, 0.5) is 16.2 Å². The molecule has 28 heavy (non-hydrogen) atoms. The summed E-state index contributed by atoms with van der Waals surface area (Å²) in [7, 11) is 0. The quantitative estimate of drug-likeness (QED) is 0.591. The van der Waals surface area contributed by atoms with Crippen molar-refractivity contribution < 1.29 is 14.3 Å². The van der Waals surface area contributed by atoms with Crippen LogP contribution in [0.15, 0.2) is 55.1 Å². The Morgan fingerprint density at radius 2 is 1.71 bits per heavy atom. The molecule has 6 nitrogen and oxygen atoms in total. The van der Waals surface area contributed by atoms with Crippen molar-refractivity contribution in [2.45, 2.75) is 26.7 Å². The third kappa shape index (κ3) is 6.46. The summed E-state index contributed by atoms with van der Waals surface area (Å²) in [5.41, 5.74) is 3.40. The van der Waals surface area contributed by atoms with Gasteiger partial charge in [-0.3, -0.25) is 4.79 Å². The molecule has 0 bridgehead atoms. The maximum Gasteiger partial charge on any atom is 0.319 e. The van der Waals surface area contributed by atoms with Gasteiger partial charge in [0.15, 0.2) is 6.61 Å². The fraction of sp³-hybridized carbons (Fsp3) is 0.273. The first-order valence-electron chi connectivity index (χ1n) is 9.18. The maximum absolute atomic E-state index is 12.2. The van der Waals surface area contributed by atoms with Crippen molar-refractivity contribution in [2.75, 3.05) is 23.8 Å². The predicted molar refractivity (Wildman–Crippen MR) is 113 cm³/mol. The predicted octanol–water partition coefficient (Wildman–Crippen LogP) is 4.44. The van der Waals surface area contributed by atoms with E-state index in [0.717, 1.165) is 16.9 Å². The van der Waals surface area contributed by atoms with E-state index in [9.17, 15) is 9.59 Å². The van der Waals surface area contributed by atoms with Crippen LogP contribution in [0.1, 0.15) is 30.9 Å². The third-order valence-electron chi connectivity index (χ3n) is 3.98. The number of carbonyl (C=O) groups excluding carboxylic acids is 2. The molecular weight excluding hydrogens is 354 g/mol. The molecule has 0 spiro atoms. The van der Waals surface area contributed by atoms with E-state index in [4.69, 9.17) is 4.74 Å². The highest BCUT2D eigenvalue weighted by molar-refractivity contribution is 5.93. The normalized spacial score (nSPS) is 10.3. The molecule has 0 unspecified atom stereocenters. The largest absolute Gasteiger partial charge is 0.483 e. The van der Waals surface area contributed by atoms with Gasteiger partial charge in [0.05, 0.1) is 0 Å². The van der Waals surface area contributed by atoms with Crippen LogP contribution in [0.5, 0.6) is 5.75 Å². The summed E-state index contributed by atoms with van der Waals surface area (Å²) in [6.07, 6.45) is 1.60. The van der Waals surface area contributed by atoms with Crippen LogP contribution in [-0.4, -0.2) is 25.1 Å². The maximum atomic E-state index is 12.2. The van der Waals surface area contributed by atoms with Crippen molar-refractivity contribution in [1.29, 1.82) is 0 Å². The minimum absolute atomic E-state index is 0.0763. The molecule has 0 atom stereocenters. The van der Waals surface area contributed by atoms with Crippen molar-refractivity contribution in [3.05, 3.63) is 66.2 Å². The fourth-order valence-electron chi connectivity index (χ4n) is 2.56. The van der Waals surface area contributed by atoms with Crippen molar-refractivity contribution >= 4 is 23.3 Å². The lowest BCUT2D eigenvalue weighted by molar-refractivity contribution is -0.118. The molecule has 0 aliphatic heterocycles. The van der Waals surface area contributed by atoms with E-state index in [0.29, 0.717) is 23.8 Å². The van der Waals surface area contributed by atoms with E-state index in [1.165, 1.54) is 0 Å². The smallest absolute Gasteiger partial charge is 0.319 e. The van der Waals surface area contributed by atoms with Crippen LogP contribution in [0.3, 0.4) is 0 Å². The summed E-state index contributed by atoms with van der Waals surface area (Å²) in [5.74, 6) is 0.790.